The molecular weight excluding hydrogens is 350 g/mol. The van der Waals surface area contributed by atoms with Gasteiger partial charge in [-0.3, -0.25) is 9.59 Å². The van der Waals surface area contributed by atoms with Crippen LogP contribution in [0.15, 0.2) is 24.3 Å². The van der Waals surface area contributed by atoms with E-state index in [-0.39, 0.29) is 23.9 Å². The van der Waals surface area contributed by atoms with Crippen LogP contribution in [-0.2, 0) is 16.0 Å². The molecule has 0 aromatic heterocycles. The number of rotatable bonds is 2. The van der Waals surface area contributed by atoms with Crippen molar-refractivity contribution < 1.29 is 30.0 Å². The Morgan fingerprint density at radius 1 is 1.08 bits per heavy atom. The molecular formula is C17H24ClNO6. The molecule has 0 fully saturated rings. The lowest BCUT2D eigenvalue weighted by Gasteiger charge is -2.11. The highest BCUT2D eigenvalue weighted by Crippen LogP contribution is 2.36. The Morgan fingerprint density at radius 2 is 1.56 bits per heavy atom. The van der Waals surface area contributed by atoms with Crippen LogP contribution in [0.25, 0.3) is 10.8 Å². The molecule has 0 saturated heterocycles. The minimum absolute atomic E-state index is 0. The molecule has 7 nitrogen and oxygen atoms in total. The number of hydrogen-bond donors (Lipinski definition) is 5. The van der Waals surface area contributed by atoms with Gasteiger partial charge in [-0.15, -0.1) is 12.4 Å². The van der Waals surface area contributed by atoms with E-state index in [0.717, 1.165) is 36.6 Å². The summed E-state index contributed by atoms with van der Waals surface area (Å²) in [6.07, 6.45) is 0.766. The fourth-order valence-corrected chi connectivity index (χ4v) is 2.09. The number of aromatic hydroxyl groups is 2. The number of aliphatic carboxylic acids is 2. The average Bonchev–Trinajstić information content (AvgIpc) is 2.44. The fraction of sp³-hybridized carbons (Fsp3) is 0.294. The molecule has 0 spiro atoms. The number of fused-ring (bicyclic) bond motifs is 1. The van der Waals surface area contributed by atoms with Gasteiger partial charge in [0, 0.05) is 19.4 Å². The quantitative estimate of drug-likeness (QED) is 0.509. The summed E-state index contributed by atoms with van der Waals surface area (Å²) in [7, 11) is 0. The summed E-state index contributed by atoms with van der Waals surface area (Å²) >= 11 is 0. The van der Waals surface area contributed by atoms with Crippen LogP contribution in [0.1, 0.15) is 25.0 Å². The van der Waals surface area contributed by atoms with E-state index >= 15 is 0 Å². The van der Waals surface area contributed by atoms with Crippen molar-refractivity contribution in [1.29, 1.82) is 0 Å². The smallest absolute Gasteiger partial charge is 0.300 e. The highest BCUT2D eigenvalue weighted by Gasteiger charge is 2.10. The van der Waals surface area contributed by atoms with E-state index < -0.39 is 11.9 Å². The van der Waals surface area contributed by atoms with Crippen molar-refractivity contribution in [3.05, 3.63) is 35.4 Å². The molecule has 0 aliphatic carbocycles. The number of carbonyl (C=O) groups is 2. The van der Waals surface area contributed by atoms with Crippen molar-refractivity contribution in [3.8, 4) is 11.5 Å². The Hall–Kier alpha value is -2.51. The van der Waals surface area contributed by atoms with E-state index in [1.807, 2.05) is 18.2 Å². The van der Waals surface area contributed by atoms with E-state index in [1.165, 1.54) is 0 Å². The average molecular weight is 374 g/mol. The fourth-order valence-electron chi connectivity index (χ4n) is 2.09. The van der Waals surface area contributed by atoms with Gasteiger partial charge in [0.25, 0.3) is 11.9 Å². The van der Waals surface area contributed by atoms with Gasteiger partial charge in [0.15, 0.2) is 11.5 Å². The summed E-state index contributed by atoms with van der Waals surface area (Å²) in [5.74, 6) is -1.79. The number of phenolic OH excluding ortho intramolecular Hbond substituents is 2. The standard InChI is InChI=1S/C13H15NO2.2C2H4O2.ClH/c1-8-12-9(5-6-14)3-2-4-10(12)7-11(15)13(8)16;2*1-2(3)4;/h2-4,7,15-16H,5-6,14H2,1H3;2*1H3,(H,3,4);1H. The zero-order valence-corrected chi connectivity index (χ0v) is 15.1. The Morgan fingerprint density at radius 3 is 2.00 bits per heavy atom. The molecule has 8 heteroatoms. The van der Waals surface area contributed by atoms with E-state index in [1.54, 1.807) is 13.0 Å². The lowest BCUT2D eigenvalue weighted by molar-refractivity contribution is -0.135. The number of aryl methyl sites for hydroxylation is 1. The van der Waals surface area contributed by atoms with Crippen molar-refractivity contribution in [2.75, 3.05) is 6.54 Å². The lowest BCUT2D eigenvalue weighted by atomic mass is 9.97. The predicted molar refractivity (Wildman–Crippen MR) is 98.6 cm³/mol. The molecule has 140 valence electrons. The minimum atomic E-state index is -0.833. The minimum Gasteiger partial charge on any atom is -0.504 e. The van der Waals surface area contributed by atoms with Crippen molar-refractivity contribution in [2.24, 2.45) is 5.73 Å². The van der Waals surface area contributed by atoms with Crippen molar-refractivity contribution in [3.63, 3.8) is 0 Å². The summed E-state index contributed by atoms with van der Waals surface area (Å²) < 4.78 is 0. The SMILES string of the molecule is CC(=O)O.CC(=O)O.Cc1c(O)c(O)cc2cccc(CCN)c12.Cl. The van der Waals surface area contributed by atoms with Crippen LogP contribution in [0.5, 0.6) is 11.5 Å². The monoisotopic (exact) mass is 373 g/mol. The molecule has 0 radical (unpaired) electrons. The van der Waals surface area contributed by atoms with Gasteiger partial charge in [-0.25, -0.2) is 0 Å². The third-order valence-corrected chi connectivity index (χ3v) is 2.86. The van der Waals surface area contributed by atoms with Crippen LogP contribution in [0.4, 0.5) is 0 Å². The third kappa shape index (κ3) is 8.78. The lowest BCUT2D eigenvalue weighted by Crippen LogP contribution is -2.03. The Balaban J connectivity index is 0. The number of nitrogens with two attached hydrogens (primary N) is 1. The predicted octanol–water partition coefficient (Wildman–Crippen LogP) is 2.66. The van der Waals surface area contributed by atoms with Gasteiger partial charge in [0.05, 0.1) is 0 Å². The number of hydrogen-bond acceptors (Lipinski definition) is 5. The maximum Gasteiger partial charge on any atom is 0.300 e. The molecule has 2 rings (SSSR count). The number of benzene rings is 2. The maximum absolute atomic E-state index is 9.72. The first-order chi connectivity index (χ1) is 11.1. The van der Waals surface area contributed by atoms with E-state index in [4.69, 9.17) is 25.5 Å². The van der Waals surface area contributed by atoms with Crippen molar-refractivity contribution in [1.82, 2.24) is 0 Å². The van der Waals surface area contributed by atoms with Crippen molar-refractivity contribution >= 4 is 35.1 Å². The van der Waals surface area contributed by atoms with Crippen molar-refractivity contribution in [2.45, 2.75) is 27.2 Å². The Bertz CT molecular complexity index is 698. The maximum atomic E-state index is 9.72. The molecule has 0 saturated carbocycles. The molecule has 0 bridgehead atoms. The third-order valence-electron chi connectivity index (χ3n) is 2.86. The molecule has 0 aliphatic heterocycles. The van der Waals surface area contributed by atoms with Gasteiger partial charge in [0.2, 0.25) is 0 Å². The molecule has 0 aliphatic rings. The molecule has 2 aromatic rings. The number of carboxylic acids is 2. The van der Waals surface area contributed by atoms with Crippen LogP contribution < -0.4 is 5.73 Å². The van der Waals surface area contributed by atoms with Crippen LogP contribution in [-0.4, -0.2) is 38.9 Å². The topological polar surface area (TPSA) is 141 Å². The second kappa shape index (κ2) is 11.9. The second-order valence-electron chi connectivity index (χ2n) is 4.96. The van der Waals surface area contributed by atoms with Gasteiger partial charge in [0.1, 0.15) is 0 Å². The second-order valence-corrected chi connectivity index (χ2v) is 4.96. The van der Waals surface area contributed by atoms with Gasteiger partial charge < -0.3 is 26.2 Å². The van der Waals surface area contributed by atoms with Gasteiger partial charge in [-0.2, -0.15) is 0 Å². The molecule has 0 unspecified atom stereocenters. The molecule has 0 heterocycles. The normalized spacial score (nSPS) is 8.96. The van der Waals surface area contributed by atoms with Gasteiger partial charge in [-0.05, 0) is 42.3 Å². The summed E-state index contributed by atoms with van der Waals surface area (Å²) in [5, 5.41) is 36.0. The van der Waals surface area contributed by atoms with Gasteiger partial charge in [-0.1, -0.05) is 18.2 Å². The Labute approximate surface area is 152 Å². The number of halogens is 1. The largest absolute Gasteiger partial charge is 0.504 e. The Kier molecular flexibility index (Phi) is 11.8. The first-order valence-corrected chi connectivity index (χ1v) is 7.14. The van der Waals surface area contributed by atoms with Crippen LogP contribution in [0.3, 0.4) is 0 Å². The van der Waals surface area contributed by atoms with E-state index in [0.29, 0.717) is 12.1 Å². The summed E-state index contributed by atoms with van der Waals surface area (Å²) in [4.78, 5) is 18.0. The highest BCUT2D eigenvalue weighted by atomic mass is 35.5. The highest BCUT2D eigenvalue weighted by molar-refractivity contribution is 5.92. The first kappa shape index (κ1) is 24.7. The summed E-state index contributed by atoms with van der Waals surface area (Å²) in [6.45, 7) is 4.54. The van der Waals surface area contributed by atoms with Crippen LogP contribution >= 0.6 is 12.4 Å². The number of carboxylic acid groups (broad SMARTS) is 2. The van der Waals surface area contributed by atoms with E-state index in [9.17, 15) is 10.2 Å². The van der Waals surface area contributed by atoms with Crippen LogP contribution in [0, 0.1) is 6.92 Å². The molecule has 0 atom stereocenters. The molecule has 0 amide bonds. The molecule has 25 heavy (non-hydrogen) atoms. The first-order valence-electron chi connectivity index (χ1n) is 7.14. The summed E-state index contributed by atoms with van der Waals surface area (Å²) in [5.41, 5.74) is 7.37. The zero-order valence-electron chi connectivity index (χ0n) is 14.3. The number of phenols is 2. The van der Waals surface area contributed by atoms with Gasteiger partial charge >= 0.3 is 0 Å². The molecule has 2 aromatic carbocycles. The zero-order chi connectivity index (χ0) is 18.9. The molecule has 6 N–H and O–H groups in total. The van der Waals surface area contributed by atoms with E-state index in [2.05, 4.69) is 0 Å². The van der Waals surface area contributed by atoms with Crippen LogP contribution in [0.2, 0.25) is 0 Å². The summed E-state index contributed by atoms with van der Waals surface area (Å²) in [6, 6.07) is 7.43.